The third kappa shape index (κ3) is 3.91. The molecule has 0 radical (unpaired) electrons. The zero-order valence-electron chi connectivity index (χ0n) is 11.3. The van der Waals surface area contributed by atoms with Gasteiger partial charge in [0.05, 0.1) is 29.9 Å². The van der Waals surface area contributed by atoms with Crippen molar-refractivity contribution in [3.05, 3.63) is 24.0 Å². The Hall–Kier alpha value is -2.64. The first kappa shape index (κ1) is 14.8. The Morgan fingerprint density at radius 2 is 2.19 bits per heavy atom. The molecular formula is C13H16N4O4. The van der Waals surface area contributed by atoms with Gasteiger partial charge >= 0.3 is 12.0 Å². The van der Waals surface area contributed by atoms with Crippen molar-refractivity contribution in [1.29, 1.82) is 0 Å². The molecule has 8 nitrogen and oxygen atoms in total. The number of urea groups is 1. The SMILES string of the molecule is NC(=O)C1CCN(C(=O)Nc2ccc(CC(=O)O)nc2)C1. The molecule has 0 aliphatic carbocycles. The van der Waals surface area contributed by atoms with Gasteiger partial charge in [0.15, 0.2) is 0 Å². The maximum Gasteiger partial charge on any atom is 0.321 e. The number of carbonyl (C=O) groups excluding carboxylic acids is 2. The third-order valence-electron chi connectivity index (χ3n) is 3.29. The first-order chi connectivity index (χ1) is 9.95. The van der Waals surface area contributed by atoms with Crippen molar-refractivity contribution < 1.29 is 19.5 Å². The Kier molecular flexibility index (Phi) is 4.36. The highest BCUT2D eigenvalue weighted by atomic mass is 16.4. The molecule has 0 saturated carbocycles. The van der Waals surface area contributed by atoms with Crippen LogP contribution in [0.5, 0.6) is 0 Å². The largest absolute Gasteiger partial charge is 0.481 e. The molecule has 112 valence electrons. The van der Waals surface area contributed by atoms with Crippen molar-refractivity contribution in [3.8, 4) is 0 Å². The van der Waals surface area contributed by atoms with Crippen LogP contribution in [0.4, 0.5) is 10.5 Å². The van der Waals surface area contributed by atoms with Gasteiger partial charge in [0.25, 0.3) is 0 Å². The molecule has 2 heterocycles. The highest BCUT2D eigenvalue weighted by Gasteiger charge is 2.29. The lowest BCUT2D eigenvalue weighted by Crippen LogP contribution is -2.34. The minimum Gasteiger partial charge on any atom is -0.481 e. The van der Waals surface area contributed by atoms with Crippen LogP contribution in [0.25, 0.3) is 0 Å². The van der Waals surface area contributed by atoms with Crippen molar-refractivity contribution in [3.63, 3.8) is 0 Å². The summed E-state index contributed by atoms with van der Waals surface area (Å²) in [5.74, 6) is -1.66. The standard InChI is InChI=1S/C13H16N4O4/c14-12(20)8-3-4-17(7-8)13(21)16-10-2-1-9(15-6-10)5-11(18)19/h1-2,6,8H,3-5,7H2,(H2,14,20)(H,16,21)(H,18,19). The minimum absolute atomic E-state index is 0.166. The van der Waals surface area contributed by atoms with Gasteiger partial charge in [-0.1, -0.05) is 0 Å². The number of likely N-dealkylation sites (tertiary alicyclic amines) is 1. The van der Waals surface area contributed by atoms with Crippen molar-refractivity contribution >= 4 is 23.6 Å². The van der Waals surface area contributed by atoms with Crippen LogP contribution < -0.4 is 11.1 Å². The Labute approximate surface area is 120 Å². The van der Waals surface area contributed by atoms with Crippen LogP contribution in [0.15, 0.2) is 18.3 Å². The lowest BCUT2D eigenvalue weighted by molar-refractivity contribution is -0.136. The van der Waals surface area contributed by atoms with Crippen LogP contribution in [-0.4, -0.2) is 46.0 Å². The number of nitrogens with two attached hydrogens (primary N) is 1. The molecule has 1 aliphatic rings. The van der Waals surface area contributed by atoms with Crippen LogP contribution in [-0.2, 0) is 16.0 Å². The highest BCUT2D eigenvalue weighted by molar-refractivity contribution is 5.90. The summed E-state index contributed by atoms with van der Waals surface area (Å²) in [5.41, 5.74) is 6.10. The molecule has 1 atom stereocenters. The number of nitrogens with zero attached hydrogens (tertiary/aromatic N) is 2. The Bertz CT molecular complexity index is 558. The smallest absolute Gasteiger partial charge is 0.321 e. The first-order valence-corrected chi connectivity index (χ1v) is 6.47. The number of primary amides is 1. The number of aromatic nitrogens is 1. The zero-order valence-corrected chi connectivity index (χ0v) is 11.3. The number of amides is 3. The molecule has 0 aromatic carbocycles. The van der Waals surface area contributed by atoms with Gasteiger partial charge in [-0.25, -0.2) is 4.79 Å². The summed E-state index contributed by atoms with van der Waals surface area (Å²) in [7, 11) is 0. The van der Waals surface area contributed by atoms with Crippen LogP contribution >= 0.6 is 0 Å². The predicted molar refractivity (Wildman–Crippen MR) is 73.5 cm³/mol. The molecular weight excluding hydrogens is 276 g/mol. The van der Waals surface area contributed by atoms with Crippen LogP contribution in [0.2, 0.25) is 0 Å². The fourth-order valence-electron chi connectivity index (χ4n) is 2.14. The van der Waals surface area contributed by atoms with Gasteiger partial charge in [-0.3, -0.25) is 14.6 Å². The molecule has 1 aromatic heterocycles. The molecule has 1 unspecified atom stereocenters. The molecule has 8 heteroatoms. The number of carboxylic acids is 1. The monoisotopic (exact) mass is 292 g/mol. The highest BCUT2D eigenvalue weighted by Crippen LogP contribution is 2.17. The number of anilines is 1. The van der Waals surface area contributed by atoms with E-state index in [-0.39, 0.29) is 18.4 Å². The number of pyridine rings is 1. The van der Waals surface area contributed by atoms with E-state index in [0.717, 1.165) is 0 Å². The lowest BCUT2D eigenvalue weighted by atomic mass is 10.1. The Balaban J connectivity index is 1.91. The maximum absolute atomic E-state index is 12.0. The third-order valence-corrected chi connectivity index (χ3v) is 3.29. The van der Waals surface area contributed by atoms with Crippen molar-refractivity contribution in [2.24, 2.45) is 11.7 Å². The summed E-state index contributed by atoms with van der Waals surface area (Å²) in [5, 5.41) is 11.3. The number of hydrogen-bond donors (Lipinski definition) is 3. The van der Waals surface area contributed by atoms with E-state index in [2.05, 4.69) is 10.3 Å². The molecule has 0 bridgehead atoms. The average molecular weight is 292 g/mol. The summed E-state index contributed by atoms with van der Waals surface area (Å²) in [6, 6.07) is 2.80. The summed E-state index contributed by atoms with van der Waals surface area (Å²) in [6.45, 7) is 0.787. The van der Waals surface area contributed by atoms with E-state index >= 15 is 0 Å². The fraction of sp³-hybridized carbons (Fsp3) is 0.385. The molecule has 1 aliphatic heterocycles. The Morgan fingerprint density at radius 3 is 2.71 bits per heavy atom. The lowest BCUT2D eigenvalue weighted by Gasteiger charge is -2.16. The van der Waals surface area contributed by atoms with Crippen LogP contribution in [0.1, 0.15) is 12.1 Å². The molecule has 1 aromatic rings. The molecule has 3 amide bonds. The summed E-state index contributed by atoms with van der Waals surface area (Å²) < 4.78 is 0. The molecule has 0 spiro atoms. The van der Waals surface area contributed by atoms with Crippen molar-refractivity contribution in [2.45, 2.75) is 12.8 Å². The summed E-state index contributed by atoms with van der Waals surface area (Å²) >= 11 is 0. The Morgan fingerprint density at radius 1 is 1.43 bits per heavy atom. The second-order valence-electron chi connectivity index (χ2n) is 4.87. The van der Waals surface area contributed by atoms with Gasteiger partial charge in [0.2, 0.25) is 5.91 Å². The van der Waals surface area contributed by atoms with Gasteiger partial charge in [-0.05, 0) is 18.6 Å². The van der Waals surface area contributed by atoms with E-state index in [1.165, 1.54) is 11.1 Å². The first-order valence-electron chi connectivity index (χ1n) is 6.47. The van der Waals surface area contributed by atoms with E-state index in [0.29, 0.717) is 30.9 Å². The van der Waals surface area contributed by atoms with Gasteiger partial charge in [0, 0.05) is 13.1 Å². The molecule has 21 heavy (non-hydrogen) atoms. The number of nitrogens with one attached hydrogen (secondary N) is 1. The minimum atomic E-state index is -0.964. The number of aliphatic carboxylic acids is 1. The zero-order chi connectivity index (χ0) is 15.4. The van der Waals surface area contributed by atoms with E-state index in [1.807, 2.05) is 0 Å². The molecule has 1 saturated heterocycles. The summed E-state index contributed by atoms with van der Waals surface area (Å²) in [6.07, 6.45) is 1.80. The van der Waals surface area contributed by atoms with Crippen molar-refractivity contribution in [1.82, 2.24) is 9.88 Å². The molecule has 1 fully saturated rings. The van der Waals surface area contributed by atoms with Gasteiger partial charge in [-0.2, -0.15) is 0 Å². The van der Waals surface area contributed by atoms with E-state index in [1.54, 1.807) is 12.1 Å². The van der Waals surface area contributed by atoms with E-state index in [4.69, 9.17) is 10.8 Å². The number of hydrogen-bond acceptors (Lipinski definition) is 4. The van der Waals surface area contributed by atoms with Gasteiger partial charge < -0.3 is 21.1 Å². The normalized spacial score (nSPS) is 17.5. The number of carbonyl (C=O) groups is 3. The van der Waals surface area contributed by atoms with E-state index < -0.39 is 11.9 Å². The number of rotatable bonds is 4. The quantitative estimate of drug-likeness (QED) is 0.722. The second kappa shape index (κ2) is 6.21. The number of carboxylic acid groups (broad SMARTS) is 1. The summed E-state index contributed by atoms with van der Waals surface area (Å²) in [4.78, 5) is 39.1. The van der Waals surface area contributed by atoms with Crippen LogP contribution in [0.3, 0.4) is 0 Å². The fourth-order valence-corrected chi connectivity index (χ4v) is 2.14. The second-order valence-corrected chi connectivity index (χ2v) is 4.87. The van der Waals surface area contributed by atoms with Gasteiger partial charge in [-0.15, -0.1) is 0 Å². The van der Waals surface area contributed by atoms with Crippen LogP contribution in [0, 0.1) is 5.92 Å². The topological polar surface area (TPSA) is 126 Å². The van der Waals surface area contributed by atoms with E-state index in [9.17, 15) is 14.4 Å². The van der Waals surface area contributed by atoms with Crippen molar-refractivity contribution in [2.75, 3.05) is 18.4 Å². The maximum atomic E-state index is 12.0. The molecule has 4 N–H and O–H groups in total. The predicted octanol–water partition coefficient (Wildman–Crippen LogP) is 0.0478. The van der Waals surface area contributed by atoms with Gasteiger partial charge in [0.1, 0.15) is 0 Å². The molecule has 2 rings (SSSR count). The average Bonchev–Trinajstić information content (AvgIpc) is 2.90.